The highest BCUT2D eigenvalue weighted by molar-refractivity contribution is 6.10. The largest absolute Gasteiger partial charge is 0.457 e. The number of hydrogen-bond acceptors (Lipinski definition) is 6. The Labute approximate surface area is 195 Å². The van der Waals surface area contributed by atoms with Gasteiger partial charge in [-0.15, -0.1) is 4.99 Å². The molecule has 34 heavy (non-hydrogen) atoms. The van der Waals surface area contributed by atoms with Crippen molar-refractivity contribution in [1.29, 1.82) is 0 Å². The topological polar surface area (TPSA) is 127 Å². The number of benzene rings is 3. The van der Waals surface area contributed by atoms with Crippen molar-refractivity contribution < 1.29 is 28.6 Å². The smallest absolute Gasteiger partial charge is 0.436 e. The highest BCUT2D eigenvalue weighted by Gasteiger charge is 2.15. The lowest BCUT2D eigenvalue weighted by molar-refractivity contribution is 0.102. The van der Waals surface area contributed by atoms with Gasteiger partial charge in [0.2, 0.25) is 5.96 Å². The van der Waals surface area contributed by atoms with Crippen LogP contribution in [-0.2, 0) is 9.47 Å². The van der Waals surface area contributed by atoms with Crippen molar-refractivity contribution in [3.05, 3.63) is 84.4 Å². The lowest BCUT2D eigenvalue weighted by Gasteiger charge is -2.16. The van der Waals surface area contributed by atoms with Gasteiger partial charge in [0.25, 0.3) is 5.91 Å². The number of carbonyl (C=O) groups excluding carboxylic acids is 3. The Morgan fingerprint density at radius 3 is 2.06 bits per heavy atom. The third kappa shape index (κ3) is 6.82. The summed E-state index contributed by atoms with van der Waals surface area (Å²) >= 11 is 0. The predicted octanol–water partition coefficient (Wildman–Crippen LogP) is 4.62. The normalized spacial score (nSPS) is 10.6. The molecule has 0 heterocycles. The molecule has 0 aliphatic heterocycles. The second-order valence-electron chi connectivity index (χ2n) is 6.61. The van der Waals surface area contributed by atoms with Gasteiger partial charge in [-0.1, -0.05) is 36.4 Å². The number of amides is 3. The molecule has 3 N–H and O–H groups in total. The summed E-state index contributed by atoms with van der Waals surface area (Å²) < 4.78 is 14.9. The molecule has 3 amide bonds. The van der Waals surface area contributed by atoms with Crippen LogP contribution in [0.1, 0.15) is 10.4 Å². The van der Waals surface area contributed by atoms with Crippen LogP contribution in [0.5, 0.6) is 11.5 Å². The van der Waals surface area contributed by atoms with Gasteiger partial charge in [0.15, 0.2) is 0 Å². The summed E-state index contributed by atoms with van der Waals surface area (Å²) in [6.45, 7) is 0. The molecule has 0 fully saturated rings. The van der Waals surface area contributed by atoms with Crippen LogP contribution < -0.4 is 20.7 Å². The van der Waals surface area contributed by atoms with E-state index in [2.05, 4.69) is 30.4 Å². The lowest BCUT2D eigenvalue weighted by Crippen LogP contribution is -2.36. The van der Waals surface area contributed by atoms with E-state index in [9.17, 15) is 14.4 Å². The average Bonchev–Trinajstić information content (AvgIpc) is 2.86. The molecule has 0 aliphatic carbocycles. The van der Waals surface area contributed by atoms with Crippen molar-refractivity contribution in [3.8, 4) is 11.5 Å². The summed E-state index contributed by atoms with van der Waals surface area (Å²) in [6.07, 6.45) is -1.83. The number of hydrogen-bond donors (Lipinski definition) is 3. The number of anilines is 2. The van der Waals surface area contributed by atoms with E-state index in [0.29, 0.717) is 28.4 Å². The molecule has 10 nitrogen and oxygen atoms in total. The maximum absolute atomic E-state index is 12.8. The van der Waals surface area contributed by atoms with E-state index in [1.54, 1.807) is 60.7 Å². The molecular formula is C24H22N4O6. The summed E-state index contributed by atoms with van der Waals surface area (Å²) in [5.74, 6) is 0.384. The van der Waals surface area contributed by atoms with Crippen LogP contribution in [0, 0.1) is 0 Å². The third-order valence-electron chi connectivity index (χ3n) is 4.29. The summed E-state index contributed by atoms with van der Waals surface area (Å²) in [5, 5.41) is 7.87. The van der Waals surface area contributed by atoms with E-state index in [1.807, 2.05) is 18.2 Å². The highest BCUT2D eigenvalue weighted by Crippen LogP contribution is 2.30. The zero-order valence-corrected chi connectivity index (χ0v) is 18.4. The molecule has 0 saturated carbocycles. The van der Waals surface area contributed by atoms with Crippen LogP contribution in [0.3, 0.4) is 0 Å². The van der Waals surface area contributed by atoms with Gasteiger partial charge in [-0.25, -0.2) is 9.59 Å². The van der Waals surface area contributed by atoms with Gasteiger partial charge in [0, 0.05) is 11.6 Å². The molecule has 3 aromatic rings. The first kappa shape index (κ1) is 23.8. The SMILES string of the molecule is COC(=O)/N=C(/NC(=O)OC)Nc1ccc(Oc2ccccc2)cc1NC(=O)c1ccccc1. The Morgan fingerprint density at radius 2 is 1.41 bits per heavy atom. The maximum Gasteiger partial charge on any atom is 0.436 e. The third-order valence-corrected chi connectivity index (χ3v) is 4.29. The van der Waals surface area contributed by atoms with Crippen molar-refractivity contribution in [2.24, 2.45) is 4.99 Å². The molecule has 0 spiro atoms. The van der Waals surface area contributed by atoms with E-state index in [0.717, 1.165) is 14.2 Å². The quantitative estimate of drug-likeness (QED) is 0.373. The number of nitrogens with one attached hydrogen (secondary N) is 3. The van der Waals surface area contributed by atoms with E-state index in [4.69, 9.17) is 4.74 Å². The van der Waals surface area contributed by atoms with Crippen molar-refractivity contribution >= 4 is 35.4 Å². The second kappa shape index (κ2) is 11.7. The highest BCUT2D eigenvalue weighted by atomic mass is 16.5. The van der Waals surface area contributed by atoms with Crippen molar-refractivity contribution in [2.75, 3.05) is 24.9 Å². The fourth-order valence-corrected chi connectivity index (χ4v) is 2.71. The number of ether oxygens (including phenoxy) is 3. The number of rotatable bonds is 5. The van der Waals surface area contributed by atoms with E-state index in [1.165, 1.54) is 0 Å². The molecule has 10 heteroatoms. The minimum atomic E-state index is -0.960. The number of carbonyl (C=O) groups is 3. The lowest BCUT2D eigenvalue weighted by atomic mass is 10.2. The average molecular weight is 462 g/mol. The molecule has 0 aliphatic rings. The Kier molecular flexibility index (Phi) is 8.17. The zero-order valence-electron chi connectivity index (χ0n) is 18.4. The minimum Gasteiger partial charge on any atom is -0.457 e. The van der Waals surface area contributed by atoms with E-state index in [-0.39, 0.29) is 11.9 Å². The maximum atomic E-state index is 12.8. The Hall–Kier alpha value is -4.86. The Morgan fingerprint density at radius 1 is 0.735 bits per heavy atom. The molecule has 0 unspecified atom stereocenters. The Balaban J connectivity index is 1.94. The van der Waals surface area contributed by atoms with Crippen LogP contribution in [0.4, 0.5) is 21.0 Å². The van der Waals surface area contributed by atoms with Crippen molar-refractivity contribution in [3.63, 3.8) is 0 Å². The van der Waals surface area contributed by atoms with Crippen molar-refractivity contribution in [1.82, 2.24) is 5.32 Å². The van der Waals surface area contributed by atoms with Gasteiger partial charge >= 0.3 is 12.2 Å². The molecule has 174 valence electrons. The van der Waals surface area contributed by atoms with Crippen LogP contribution in [-0.4, -0.2) is 38.3 Å². The fourth-order valence-electron chi connectivity index (χ4n) is 2.71. The number of aliphatic imine (C=N–C) groups is 1. The van der Waals surface area contributed by atoms with Gasteiger partial charge in [0.1, 0.15) is 11.5 Å². The predicted molar refractivity (Wildman–Crippen MR) is 126 cm³/mol. The molecule has 3 aromatic carbocycles. The van der Waals surface area contributed by atoms with Crippen LogP contribution >= 0.6 is 0 Å². The summed E-state index contributed by atoms with van der Waals surface area (Å²) in [5.41, 5.74) is 1.04. The standard InChI is InChI=1S/C24H22N4O6/c1-32-23(30)27-22(28-24(31)33-2)26-19-14-13-18(34-17-11-7-4-8-12-17)15-20(19)25-21(29)16-9-5-3-6-10-16/h3-15H,1-2H3,(H,25,29)(H2,26,27,28,30,31). The van der Waals surface area contributed by atoms with Crippen LogP contribution in [0.25, 0.3) is 0 Å². The number of methoxy groups -OCH3 is 2. The van der Waals surface area contributed by atoms with Gasteiger partial charge in [-0.2, -0.15) is 0 Å². The van der Waals surface area contributed by atoms with Crippen molar-refractivity contribution in [2.45, 2.75) is 0 Å². The first-order valence-electron chi connectivity index (χ1n) is 10.0. The van der Waals surface area contributed by atoms with Gasteiger partial charge in [0.05, 0.1) is 25.6 Å². The summed E-state index contributed by atoms with van der Waals surface area (Å²) in [6, 6.07) is 22.5. The number of nitrogens with zero attached hydrogens (tertiary/aromatic N) is 1. The summed E-state index contributed by atoms with van der Waals surface area (Å²) in [7, 11) is 2.30. The van der Waals surface area contributed by atoms with E-state index >= 15 is 0 Å². The molecular weight excluding hydrogens is 440 g/mol. The number of alkyl carbamates (subject to hydrolysis) is 1. The molecule has 0 saturated heterocycles. The number of para-hydroxylation sites is 1. The van der Waals surface area contributed by atoms with Gasteiger partial charge < -0.3 is 24.8 Å². The minimum absolute atomic E-state index is 0.273. The molecule has 3 rings (SSSR count). The first-order valence-corrected chi connectivity index (χ1v) is 10.0. The first-order chi connectivity index (χ1) is 16.5. The monoisotopic (exact) mass is 462 g/mol. The fraction of sp³-hybridized carbons (Fsp3) is 0.0833. The molecule has 0 radical (unpaired) electrons. The molecule has 0 atom stereocenters. The van der Waals surface area contributed by atoms with E-state index < -0.39 is 12.2 Å². The Bertz CT molecular complexity index is 1180. The van der Waals surface area contributed by atoms with Gasteiger partial charge in [-0.05, 0) is 36.4 Å². The van der Waals surface area contributed by atoms with Crippen LogP contribution in [0.15, 0.2) is 83.9 Å². The molecule has 0 bridgehead atoms. The van der Waals surface area contributed by atoms with Crippen LogP contribution in [0.2, 0.25) is 0 Å². The second-order valence-corrected chi connectivity index (χ2v) is 6.61. The molecule has 0 aromatic heterocycles. The zero-order chi connectivity index (χ0) is 24.3. The summed E-state index contributed by atoms with van der Waals surface area (Å²) in [4.78, 5) is 39.8. The number of guanidine groups is 1. The van der Waals surface area contributed by atoms with Gasteiger partial charge in [-0.3, -0.25) is 10.1 Å².